The number of carbonyl (C=O) groups excluding carboxylic acids is 2. The van der Waals surface area contributed by atoms with Gasteiger partial charge in [-0.25, -0.2) is 14.4 Å². The molecule has 29 heavy (non-hydrogen) atoms. The van der Waals surface area contributed by atoms with Crippen LogP contribution in [0.4, 0.5) is 4.79 Å². The number of amides is 1. The van der Waals surface area contributed by atoms with Crippen molar-refractivity contribution in [3.63, 3.8) is 0 Å². The van der Waals surface area contributed by atoms with Crippen LogP contribution in [0.15, 0.2) is 42.6 Å². The molecule has 1 amide bonds. The zero-order valence-corrected chi connectivity index (χ0v) is 16.6. The summed E-state index contributed by atoms with van der Waals surface area (Å²) in [5, 5.41) is 16.0. The second-order valence-electron chi connectivity index (χ2n) is 6.87. The number of benzene rings is 1. The number of hydrogen-bond acceptors (Lipinski definition) is 6. The molecule has 9 nitrogen and oxygen atoms in total. The molecule has 0 spiro atoms. The van der Waals surface area contributed by atoms with Gasteiger partial charge in [0.2, 0.25) is 0 Å². The minimum atomic E-state index is -1.42. The molecule has 1 heterocycles. The van der Waals surface area contributed by atoms with Crippen molar-refractivity contribution in [3.05, 3.63) is 53.9 Å². The summed E-state index contributed by atoms with van der Waals surface area (Å²) in [6.45, 7) is 3.90. The summed E-state index contributed by atoms with van der Waals surface area (Å²) < 4.78 is 11.2. The maximum Gasteiger partial charge on any atom is 0.408 e. The number of alkyl carbamates (subject to hydrolysis) is 1. The molecule has 1 aromatic heterocycles. The summed E-state index contributed by atoms with van der Waals surface area (Å²) in [7, 11) is 1.28. The Morgan fingerprint density at radius 2 is 1.86 bits per heavy atom. The fourth-order valence-corrected chi connectivity index (χ4v) is 2.72. The molecular formula is C20H25N3O6. The van der Waals surface area contributed by atoms with E-state index in [1.807, 2.05) is 19.9 Å². The Kier molecular flexibility index (Phi) is 7.76. The van der Waals surface area contributed by atoms with Crippen LogP contribution in [-0.4, -0.2) is 40.0 Å². The predicted octanol–water partition coefficient (Wildman–Crippen LogP) is 2.70. The van der Waals surface area contributed by atoms with Crippen molar-refractivity contribution < 1.29 is 29.0 Å². The second-order valence-corrected chi connectivity index (χ2v) is 6.87. The molecule has 2 aromatic rings. The number of ether oxygens (including phenoxy) is 2. The zero-order chi connectivity index (χ0) is 21.4. The van der Waals surface area contributed by atoms with Gasteiger partial charge in [-0.15, -0.1) is 0 Å². The van der Waals surface area contributed by atoms with E-state index in [0.29, 0.717) is 6.42 Å². The topological polar surface area (TPSA) is 120 Å². The number of rotatable bonds is 9. The van der Waals surface area contributed by atoms with Crippen molar-refractivity contribution in [1.82, 2.24) is 15.1 Å². The lowest BCUT2D eigenvalue weighted by atomic mass is 10.0. The number of carboxylic acids is 1. The SMILES string of the molecule is COC(=O)[C@H](CC(C)C)n1ccc([C@@H](NC(=O)OCc2ccccc2)C(=O)O)n1. The molecule has 1 aromatic carbocycles. The first-order valence-corrected chi connectivity index (χ1v) is 9.14. The fraction of sp³-hybridized carbons (Fsp3) is 0.400. The van der Waals surface area contributed by atoms with Crippen molar-refractivity contribution in [2.24, 2.45) is 5.92 Å². The highest BCUT2D eigenvalue weighted by atomic mass is 16.5. The van der Waals surface area contributed by atoms with Gasteiger partial charge in [-0.3, -0.25) is 4.68 Å². The number of hydrogen-bond donors (Lipinski definition) is 2. The van der Waals surface area contributed by atoms with Gasteiger partial charge in [-0.1, -0.05) is 44.2 Å². The molecule has 0 saturated heterocycles. The number of carbonyl (C=O) groups is 3. The third-order valence-electron chi connectivity index (χ3n) is 4.13. The van der Waals surface area contributed by atoms with E-state index in [1.165, 1.54) is 24.1 Å². The van der Waals surface area contributed by atoms with Crippen molar-refractivity contribution >= 4 is 18.0 Å². The Labute approximate surface area is 168 Å². The van der Waals surface area contributed by atoms with E-state index in [-0.39, 0.29) is 18.2 Å². The zero-order valence-electron chi connectivity index (χ0n) is 16.6. The standard InChI is InChI=1S/C20H25N3O6/c1-13(2)11-16(19(26)28-3)23-10-9-15(22-23)17(18(24)25)21-20(27)29-12-14-7-5-4-6-8-14/h4-10,13,16-17H,11-12H2,1-3H3,(H,21,27)(H,24,25)/t16-,17+/m0/s1. The van der Waals surface area contributed by atoms with Gasteiger partial charge in [-0.2, -0.15) is 5.10 Å². The second kappa shape index (κ2) is 10.3. The van der Waals surface area contributed by atoms with Crippen molar-refractivity contribution in [2.75, 3.05) is 7.11 Å². The van der Waals surface area contributed by atoms with E-state index in [0.717, 1.165) is 5.56 Å². The molecule has 2 atom stereocenters. The third-order valence-corrected chi connectivity index (χ3v) is 4.13. The molecule has 2 rings (SSSR count). The minimum absolute atomic E-state index is 0.00621. The van der Waals surface area contributed by atoms with Gasteiger partial charge >= 0.3 is 18.0 Å². The lowest BCUT2D eigenvalue weighted by Crippen LogP contribution is -2.34. The van der Waals surface area contributed by atoms with Crippen molar-refractivity contribution in [1.29, 1.82) is 0 Å². The first-order valence-electron chi connectivity index (χ1n) is 9.14. The summed E-state index contributed by atoms with van der Waals surface area (Å²) in [4.78, 5) is 35.8. The molecule has 0 aliphatic heterocycles. The maximum absolute atomic E-state index is 12.1. The smallest absolute Gasteiger partial charge is 0.408 e. The predicted molar refractivity (Wildman–Crippen MR) is 103 cm³/mol. The van der Waals surface area contributed by atoms with Gasteiger partial charge in [0, 0.05) is 6.20 Å². The van der Waals surface area contributed by atoms with Gasteiger partial charge in [-0.05, 0) is 24.0 Å². The van der Waals surface area contributed by atoms with Crippen LogP contribution < -0.4 is 5.32 Å². The highest BCUT2D eigenvalue weighted by Crippen LogP contribution is 2.21. The Morgan fingerprint density at radius 3 is 2.45 bits per heavy atom. The van der Waals surface area contributed by atoms with Gasteiger partial charge in [0.05, 0.1) is 12.8 Å². The van der Waals surface area contributed by atoms with E-state index in [1.54, 1.807) is 24.3 Å². The molecule has 0 saturated carbocycles. The van der Waals surface area contributed by atoms with Crippen LogP contribution in [0.25, 0.3) is 0 Å². The van der Waals surface area contributed by atoms with Crippen LogP contribution in [0, 0.1) is 5.92 Å². The van der Waals surface area contributed by atoms with Crippen LogP contribution in [0.5, 0.6) is 0 Å². The first kappa shape index (κ1) is 21.9. The molecule has 0 unspecified atom stereocenters. The number of esters is 1. The normalized spacial score (nSPS) is 12.8. The summed E-state index contributed by atoms with van der Waals surface area (Å²) in [6.07, 6.45) is 1.08. The number of aliphatic carboxylic acids is 1. The van der Waals surface area contributed by atoms with Crippen LogP contribution in [0.1, 0.15) is 43.6 Å². The Bertz CT molecular complexity index is 834. The van der Waals surface area contributed by atoms with Crippen LogP contribution in [0.3, 0.4) is 0 Å². The number of nitrogens with one attached hydrogen (secondary N) is 1. The molecule has 0 aliphatic rings. The molecule has 0 aliphatic carbocycles. The molecule has 2 N–H and O–H groups in total. The van der Waals surface area contributed by atoms with Crippen LogP contribution in [-0.2, 0) is 25.7 Å². The average molecular weight is 403 g/mol. The summed E-state index contributed by atoms with van der Waals surface area (Å²) in [5.41, 5.74) is 0.847. The summed E-state index contributed by atoms with van der Waals surface area (Å²) >= 11 is 0. The Balaban J connectivity index is 2.09. The van der Waals surface area contributed by atoms with Gasteiger partial charge in [0.25, 0.3) is 0 Å². The Hall–Kier alpha value is -3.36. The quantitative estimate of drug-likeness (QED) is 0.618. The minimum Gasteiger partial charge on any atom is -0.479 e. The van der Waals surface area contributed by atoms with Crippen LogP contribution in [0.2, 0.25) is 0 Å². The van der Waals surface area contributed by atoms with Crippen LogP contribution >= 0.6 is 0 Å². The number of methoxy groups -OCH3 is 1. The van der Waals surface area contributed by atoms with E-state index < -0.39 is 30.1 Å². The highest BCUT2D eigenvalue weighted by Gasteiger charge is 2.28. The van der Waals surface area contributed by atoms with Gasteiger partial charge in [0.15, 0.2) is 6.04 Å². The number of aromatic nitrogens is 2. The molecule has 0 radical (unpaired) electrons. The largest absolute Gasteiger partial charge is 0.479 e. The van der Waals surface area contributed by atoms with Crippen molar-refractivity contribution in [2.45, 2.75) is 39.0 Å². The van der Waals surface area contributed by atoms with Crippen molar-refractivity contribution in [3.8, 4) is 0 Å². The monoisotopic (exact) mass is 403 g/mol. The highest BCUT2D eigenvalue weighted by molar-refractivity contribution is 5.81. The molecule has 0 fully saturated rings. The Morgan fingerprint density at radius 1 is 1.17 bits per heavy atom. The third kappa shape index (κ3) is 6.34. The van der Waals surface area contributed by atoms with Gasteiger partial charge in [0.1, 0.15) is 12.6 Å². The number of nitrogens with zero attached hydrogens (tertiary/aromatic N) is 2. The molecule has 9 heteroatoms. The summed E-state index contributed by atoms with van der Waals surface area (Å²) in [5.74, 6) is -1.59. The van der Waals surface area contributed by atoms with Gasteiger partial charge < -0.3 is 19.9 Å². The van der Waals surface area contributed by atoms with E-state index >= 15 is 0 Å². The van der Waals surface area contributed by atoms with E-state index in [9.17, 15) is 19.5 Å². The van der Waals surface area contributed by atoms with E-state index in [4.69, 9.17) is 9.47 Å². The average Bonchev–Trinajstić information content (AvgIpc) is 3.18. The maximum atomic E-state index is 12.1. The number of carboxylic acid groups (broad SMARTS) is 1. The van der Waals surface area contributed by atoms with E-state index in [2.05, 4.69) is 10.4 Å². The summed E-state index contributed by atoms with van der Waals surface area (Å²) in [6, 6.07) is 8.34. The first-order chi connectivity index (χ1) is 13.8. The fourth-order valence-electron chi connectivity index (χ4n) is 2.72. The lowest BCUT2D eigenvalue weighted by Gasteiger charge is -2.17. The lowest BCUT2D eigenvalue weighted by molar-refractivity contribution is -0.145. The molecule has 0 bridgehead atoms. The molecule has 156 valence electrons. The molecular weight excluding hydrogens is 378 g/mol.